The lowest BCUT2D eigenvalue weighted by Gasteiger charge is -2.01. The number of esters is 1. The van der Waals surface area contributed by atoms with Crippen LogP contribution in [0.15, 0.2) is 16.7 Å². The molecule has 0 aliphatic carbocycles. The third kappa shape index (κ3) is 3.64. The first-order chi connectivity index (χ1) is 6.84. The molecule has 3 heteroatoms. The van der Waals surface area contributed by atoms with Crippen molar-refractivity contribution >= 4 is 5.97 Å². The van der Waals surface area contributed by atoms with Gasteiger partial charge in [-0.3, -0.25) is 0 Å². The minimum absolute atomic E-state index is 0.352. The van der Waals surface area contributed by atoms with Gasteiger partial charge in [0.1, 0.15) is 5.56 Å². The van der Waals surface area contributed by atoms with Crippen molar-refractivity contribution in [3.8, 4) is 0 Å². The molecule has 1 radical (unpaired) electrons. The van der Waals surface area contributed by atoms with Crippen LogP contribution in [-0.2, 0) is 4.74 Å². The first kappa shape index (κ1) is 10.8. The number of hydrogen-bond acceptors (Lipinski definition) is 3. The molecule has 3 nitrogen and oxygen atoms in total. The average molecular weight is 195 g/mol. The third-order valence-electron chi connectivity index (χ3n) is 1.92. The lowest BCUT2D eigenvalue weighted by molar-refractivity contribution is 0.0496. The second-order valence-electron chi connectivity index (χ2n) is 3.13. The number of carbonyl (C=O) groups is 1. The predicted octanol–water partition coefficient (Wildman–Crippen LogP) is 2.82. The minimum Gasteiger partial charge on any atom is -0.462 e. The van der Waals surface area contributed by atoms with Gasteiger partial charge in [-0.05, 0) is 12.5 Å². The van der Waals surface area contributed by atoms with Gasteiger partial charge in [0.25, 0.3) is 0 Å². The van der Waals surface area contributed by atoms with Gasteiger partial charge in [0.15, 0.2) is 6.26 Å². The Morgan fingerprint density at radius 1 is 1.50 bits per heavy atom. The molecule has 1 rings (SSSR count). The number of unbranched alkanes of at least 4 members (excludes halogenated alkanes) is 3. The quantitative estimate of drug-likeness (QED) is 0.517. The molecule has 0 saturated heterocycles. The van der Waals surface area contributed by atoms with Crippen molar-refractivity contribution in [2.75, 3.05) is 6.61 Å². The van der Waals surface area contributed by atoms with Crippen molar-refractivity contribution in [1.82, 2.24) is 0 Å². The fourth-order valence-electron chi connectivity index (χ4n) is 1.11. The van der Waals surface area contributed by atoms with E-state index in [0.717, 1.165) is 12.8 Å². The van der Waals surface area contributed by atoms with Crippen molar-refractivity contribution in [3.63, 3.8) is 0 Å². The van der Waals surface area contributed by atoms with Gasteiger partial charge in [0.05, 0.1) is 12.9 Å². The van der Waals surface area contributed by atoms with Crippen LogP contribution in [0.25, 0.3) is 0 Å². The summed E-state index contributed by atoms with van der Waals surface area (Å²) >= 11 is 0. The molecule has 77 valence electrons. The SMILES string of the molecule is CCCCCCOC(=O)c1[c]occ1. The Morgan fingerprint density at radius 2 is 2.36 bits per heavy atom. The van der Waals surface area contributed by atoms with Crippen molar-refractivity contribution in [2.24, 2.45) is 0 Å². The van der Waals surface area contributed by atoms with E-state index in [-0.39, 0.29) is 5.97 Å². The van der Waals surface area contributed by atoms with E-state index in [4.69, 9.17) is 4.74 Å². The summed E-state index contributed by atoms with van der Waals surface area (Å²) in [6.45, 7) is 2.63. The van der Waals surface area contributed by atoms with Crippen LogP contribution in [0.3, 0.4) is 0 Å². The Balaban J connectivity index is 2.10. The highest BCUT2D eigenvalue weighted by molar-refractivity contribution is 5.88. The number of ether oxygens (including phenoxy) is 1. The molecule has 1 heterocycles. The van der Waals surface area contributed by atoms with E-state index in [1.807, 2.05) is 0 Å². The molecule has 0 saturated carbocycles. The molecule has 1 aromatic heterocycles. The second-order valence-corrected chi connectivity index (χ2v) is 3.13. The van der Waals surface area contributed by atoms with Crippen LogP contribution in [0.5, 0.6) is 0 Å². The third-order valence-corrected chi connectivity index (χ3v) is 1.92. The van der Waals surface area contributed by atoms with Gasteiger partial charge in [0, 0.05) is 0 Å². The molecular formula is C11H15O3. The summed E-state index contributed by atoms with van der Waals surface area (Å²) < 4.78 is 9.66. The fourth-order valence-corrected chi connectivity index (χ4v) is 1.11. The number of furan rings is 1. The van der Waals surface area contributed by atoms with E-state index in [2.05, 4.69) is 17.6 Å². The monoisotopic (exact) mass is 195 g/mol. The smallest absolute Gasteiger partial charge is 0.342 e. The first-order valence-corrected chi connectivity index (χ1v) is 4.97. The highest BCUT2D eigenvalue weighted by atomic mass is 16.5. The molecule has 0 aliphatic rings. The maximum absolute atomic E-state index is 11.2. The summed E-state index contributed by atoms with van der Waals surface area (Å²) in [5, 5.41) is 0. The average Bonchev–Trinajstić information content (AvgIpc) is 2.70. The summed E-state index contributed by atoms with van der Waals surface area (Å²) in [5.41, 5.74) is 0.362. The summed E-state index contributed by atoms with van der Waals surface area (Å²) in [7, 11) is 0. The summed E-state index contributed by atoms with van der Waals surface area (Å²) in [6, 6.07) is 1.55. The Bertz CT molecular complexity index is 252. The number of hydrogen-bond donors (Lipinski definition) is 0. The highest BCUT2D eigenvalue weighted by Crippen LogP contribution is 2.03. The van der Waals surface area contributed by atoms with Crippen LogP contribution >= 0.6 is 0 Å². The zero-order valence-corrected chi connectivity index (χ0v) is 8.41. The predicted molar refractivity (Wildman–Crippen MR) is 52.0 cm³/mol. The van der Waals surface area contributed by atoms with E-state index < -0.39 is 0 Å². The summed E-state index contributed by atoms with van der Waals surface area (Å²) in [6.07, 6.45) is 8.26. The van der Waals surface area contributed by atoms with Gasteiger partial charge in [-0.1, -0.05) is 26.2 Å². The second kappa shape index (κ2) is 6.24. The molecule has 1 aromatic rings. The lowest BCUT2D eigenvalue weighted by Crippen LogP contribution is -2.05. The molecule has 0 N–H and O–H groups in total. The molecular weight excluding hydrogens is 180 g/mol. The molecule has 14 heavy (non-hydrogen) atoms. The lowest BCUT2D eigenvalue weighted by atomic mass is 10.2. The van der Waals surface area contributed by atoms with Crippen molar-refractivity contribution in [1.29, 1.82) is 0 Å². The van der Waals surface area contributed by atoms with Crippen LogP contribution in [0.4, 0.5) is 0 Å². The minimum atomic E-state index is -0.352. The largest absolute Gasteiger partial charge is 0.462 e. The number of carbonyl (C=O) groups excluding carboxylic acids is 1. The van der Waals surface area contributed by atoms with Crippen LogP contribution in [0.1, 0.15) is 43.0 Å². The van der Waals surface area contributed by atoms with E-state index in [0.29, 0.717) is 12.2 Å². The molecule has 0 bridgehead atoms. The van der Waals surface area contributed by atoms with E-state index in [1.54, 1.807) is 6.07 Å². The molecule has 0 aromatic carbocycles. The van der Waals surface area contributed by atoms with E-state index in [9.17, 15) is 4.79 Å². The molecule has 0 fully saturated rings. The van der Waals surface area contributed by atoms with Crippen molar-refractivity contribution < 1.29 is 13.9 Å². The van der Waals surface area contributed by atoms with Crippen LogP contribution in [0, 0.1) is 6.26 Å². The highest BCUT2D eigenvalue weighted by Gasteiger charge is 2.07. The zero-order chi connectivity index (χ0) is 10.2. The normalized spacial score (nSPS) is 10.1. The van der Waals surface area contributed by atoms with Crippen LogP contribution in [0.2, 0.25) is 0 Å². The molecule has 0 spiro atoms. The summed E-state index contributed by atoms with van der Waals surface area (Å²) in [5.74, 6) is -0.352. The Kier molecular flexibility index (Phi) is 4.83. The van der Waals surface area contributed by atoms with Gasteiger partial charge in [0.2, 0.25) is 0 Å². The summed E-state index contributed by atoms with van der Waals surface area (Å²) in [4.78, 5) is 11.2. The van der Waals surface area contributed by atoms with Crippen LogP contribution < -0.4 is 0 Å². The first-order valence-electron chi connectivity index (χ1n) is 4.97. The Morgan fingerprint density at radius 3 is 3.00 bits per heavy atom. The van der Waals surface area contributed by atoms with Gasteiger partial charge in [-0.25, -0.2) is 4.79 Å². The van der Waals surface area contributed by atoms with Crippen LogP contribution in [-0.4, -0.2) is 12.6 Å². The van der Waals surface area contributed by atoms with Gasteiger partial charge in [-0.15, -0.1) is 0 Å². The molecule has 0 amide bonds. The van der Waals surface area contributed by atoms with Gasteiger partial charge >= 0.3 is 5.97 Å². The molecule has 0 atom stereocenters. The molecule has 0 aliphatic heterocycles. The maximum Gasteiger partial charge on any atom is 0.342 e. The Labute approximate surface area is 84.1 Å². The van der Waals surface area contributed by atoms with Crippen molar-refractivity contribution in [2.45, 2.75) is 32.6 Å². The van der Waals surface area contributed by atoms with Gasteiger partial charge in [-0.2, -0.15) is 0 Å². The molecule has 0 unspecified atom stereocenters. The zero-order valence-electron chi connectivity index (χ0n) is 8.41. The van der Waals surface area contributed by atoms with E-state index >= 15 is 0 Å². The van der Waals surface area contributed by atoms with Gasteiger partial charge < -0.3 is 9.15 Å². The van der Waals surface area contributed by atoms with E-state index in [1.165, 1.54) is 19.1 Å². The standard InChI is InChI=1S/C11H15O3/c1-2-3-4-5-7-14-11(12)10-6-8-13-9-10/h6,8H,2-5,7H2,1H3. The van der Waals surface area contributed by atoms with Crippen molar-refractivity contribution in [3.05, 3.63) is 24.2 Å². The number of rotatable bonds is 6. The topological polar surface area (TPSA) is 39.4 Å². The maximum atomic E-state index is 11.2. The fraction of sp³-hybridized carbons (Fsp3) is 0.545. The Hall–Kier alpha value is -1.25.